The van der Waals surface area contributed by atoms with Crippen LogP contribution in [0.3, 0.4) is 0 Å². The second-order valence-electron chi connectivity index (χ2n) is 7.16. The van der Waals surface area contributed by atoms with Gasteiger partial charge in [0.15, 0.2) is 11.2 Å². The molecule has 0 radical (unpaired) electrons. The fourth-order valence-electron chi connectivity index (χ4n) is 3.54. The number of hydrogen-bond acceptors (Lipinski definition) is 7. The SMILES string of the molecule is CCCCn1c(=O)[nH]c(=O)c2c1nc(CSc1nnnn1-c1ccccc1C)n2CC. The molecule has 31 heavy (non-hydrogen) atoms. The highest BCUT2D eigenvalue weighted by molar-refractivity contribution is 7.98. The van der Waals surface area contributed by atoms with Gasteiger partial charge in [-0.25, -0.2) is 9.78 Å². The summed E-state index contributed by atoms with van der Waals surface area (Å²) < 4.78 is 5.10. The third-order valence-electron chi connectivity index (χ3n) is 5.13. The van der Waals surface area contributed by atoms with Crippen molar-refractivity contribution in [3.8, 4) is 5.69 Å². The van der Waals surface area contributed by atoms with E-state index in [0.717, 1.165) is 24.1 Å². The van der Waals surface area contributed by atoms with Crippen molar-refractivity contribution in [1.82, 2.24) is 39.3 Å². The summed E-state index contributed by atoms with van der Waals surface area (Å²) >= 11 is 1.43. The maximum absolute atomic E-state index is 12.6. The summed E-state index contributed by atoms with van der Waals surface area (Å²) in [7, 11) is 0. The van der Waals surface area contributed by atoms with Crippen molar-refractivity contribution in [3.63, 3.8) is 0 Å². The van der Waals surface area contributed by atoms with Gasteiger partial charge in [-0.1, -0.05) is 43.3 Å². The van der Waals surface area contributed by atoms with Crippen LogP contribution in [0, 0.1) is 6.92 Å². The number of unbranched alkanes of at least 4 members (excludes halogenated alkanes) is 1. The van der Waals surface area contributed by atoms with E-state index >= 15 is 0 Å². The molecule has 0 bridgehead atoms. The zero-order valence-corrected chi connectivity index (χ0v) is 18.5. The molecule has 3 heterocycles. The van der Waals surface area contributed by atoms with Crippen LogP contribution in [0.5, 0.6) is 0 Å². The van der Waals surface area contributed by atoms with Crippen molar-refractivity contribution in [1.29, 1.82) is 0 Å². The van der Waals surface area contributed by atoms with Crippen molar-refractivity contribution in [2.24, 2.45) is 0 Å². The molecule has 0 unspecified atom stereocenters. The summed E-state index contributed by atoms with van der Waals surface area (Å²) in [4.78, 5) is 32.0. The molecule has 1 N–H and O–H groups in total. The predicted octanol–water partition coefficient (Wildman–Crippen LogP) is 2.28. The molecule has 162 valence electrons. The minimum absolute atomic E-state index is 0.414. The number of benzene rings is 1. The number of fused-ring (bicyclic) bond motifs is 1. The number of nitrogens with zero attached hydrogens (tertiary/aromatic N) is 7. The van der Waals surface area contributed by atoms with Gasteiger partial charge in [0.2, 0.25) is 5.16 Å². The van der Waals surface area contributed by atoms with Gasteiger partial charge in [-0.3, -0.25) is 14.3 Å². The fourth-order valence-corrected chi connectivity index (χ4v) is 4.37. The number of aromatic amines is 1. The Morgan fingerprint density at radius 3 is 2.68 bits per heavy atom. The first-order valence-electron chi connectivity index (χ1n) is 10.2. The smallest absolute Gasteiger partial charge is 0.322 e. The first-order chi connectivity index (χ1) is 15.0. The van der Waals surface area contributed by atoms with E-state index in [4.69, 9.17) is 0 Å². The van der Waals surface area contributed by atoms with Crippen LogP contribution >= 0.6 is 11.8 Å². The second-order valence-corrected chi connectivity index (χ2v) is 8.10. The summed E-state index contributed by atoms with van der Waals surface area (Å²) in [6, 6.07) is 7.87. The van der Waals surface area contributed by atoms with E-state index in [-0.39, 0.29) is 0 Å². The molecular weight excluding hydrogens is 416 g/mol. The number of thioether (sulfide) groups is 1. The summed E-state index contributed by atoms with van der Waals surface area (Å²) in [6.45, 7) is 7.09. The molecule has 0 aliphatic carbocycles. The lowest BCUT2D eigenvalue weighted by Crippen LogP contribution is -2.31. The Balaban J connectivity index is 1.71. The third-order valence-corrected chi connectivity index (χ3v) is 6.05. The normalized spacial score (nSPS) is 11.5. The highest BCUT2D eigenvalue weighted by atomic mass is 32.2. The average molecular weight is 441 g/mol. The Kier molecular flexibility index (Phi) is 6.03. The molecule has 4 rings (SSSR count). The zero-order valence-electron chi connectivity index (χ0n) is 17.7. The maximum atomic E-state index is 12.6. The Morgan fingerprint density at radius 1 is 1.13 bits per heavy atom. The van der Waals surface area contributed by atoms with Gasteiger partial charge in [-0.05, 0) is 42.3 Å². The highest BCUT2D eigenvalue weighted by Crippen LogP contribution is 2.25. The Hall–Kier alpha value is -3.21. The van der Waals surface area contributed by atoms with Gasteiger partial charge in [0.25, 0.3) is 5.56 Å². The Morgan fingerprint density at radius 2 is 1.94 bits per heavy atom. The molecule has 0 fully saturated rings. The van der Waals surface area contributed by atoms with Crippen LogP contribution in [-0.4, -0.2) is 39.3 Å². The van der Waals surface area contributed by atoms with Crippen molar-refractivity contribution < 1.29 is 0 Å². The molecule has 11 heteroatoms. The average Bonchev–Trinajstić information content (AvgIpc) is 3.36. The molecule has 0 saturated carbocycles. The van der Waals surface area contributed by atoms with Gasteiger partial charge in [-0.2, -0.15) is 4.68 Å². The maximum Gasteiger partial charge on any atom is 0.330 e. The molecule has 3 aromatic heterocycles. The summed E-state index contributed by atoms with van der Waals surface area (Å²) in [5.41, 5.74) is 1.98. The number of rotatable bonds is 8. The number of aromatic nitrogens is 8. The van der Waals surface area contributed by atoms with Crippen molar-refractivity contribution in [2.45, 2.75) is 57.6 Å². The molecule has 0 aliphatic rings. The quantitative estimate of drug-likeness (QED) is 0.418. The van der Waals surface area contributed by atoms with Crippen LogP contribution in [0.4, 0.5) is 0 Å². The van der Waals surface area contributed by atoms with Gasteiger partial charge in [0.05, 0.1) is 11.4 Å². The number of nitrogens with one attached hydrogen (secondary N) is 1. The molecule has 0 saturated heterocycles. The number of H-pyrrole nitrogens is 1. The fraction of sp³-hybridized carbons (Fsp3) is 0.400. The monoisotopic (exact) mass is 440 g/mol. The first kappa shape index (κ1) is 21.0. The Labute approximate surface area is 182 Å². The minimum atomic E-state index is -0.422. The largest absolute Gasteiger partial charge is 0.330 e. The van der Waals surface area contributed by atoms with Gasteiger partial charge >= 0.3 is 5.69 Å². The van der Waals surface area contributed by atoms with Gasteiger partial charge < -0.3 is 4.57 Å². The number of para-hydroxylation sites is 1. The van der Waals surface area contributed by atoms with Crippen molar-refractivity contribution in [3.05, 3.63) is 56.5 Å². The van der Waals surface area contributed by atoms with Crippen LogP contribution in [0.1, 0.15) is 38.1 Å². The summed E-state index contributed by atoms with van der Waals surface area (Å²) in [6.07, 6.45) is 1.77. The molecule has 0 spiro atoms. The van der Waals surface area contributed by atoms with E-state index in [0.29, 0.717) is 41.0 Å². The molecule has 0 aliphatic heterocycles. The predicted molar refractivity (Wildman–Crippen MR) is 119 cm³/mol. The summed E-state index contributed by atoms with van der Waals surface area (Å²) in [5.74, 6) is 1.15. The van der Waals surface area contributed by atoms with Crippen molar-refractivity contribution in [2.75, 3.05) is 0 Å². The molecule has 10 nitrogen and oxygen atoms in total. The lowest BCUT2D eigenvalue weighted by Gasteiger charge is -2.08. The van der Waals surface area contributed by atoms with E-state index in [9.17, 15) is 9.59 Å². The zero-order chi connectivity index (χ0) is 22.0. The molecule has 4 aromatic rings. The van der Waals surface area contributed by atoms with Gasteiger partial charge in [0.1, 0.15) is 5.82 Å². The van der Waals surface area contributed by atoms with Crippen LogP contribution in [0.2, 0.25) is 0 Å². The molecule has 1 aromatic carbocycles. The first-order valence-corrected chi connectivity index (χ1v) is 11.2. The lowest BCUT2D eigenvalue weighted by molar-refractivity contribution is 0.613. The minimum Gasteiger partial charge on any atom is -0.322 e. The number of imidazole rings is 1. The number of hydrogen-bond donors (Lipinski definition) is 1. The van der Waals surface area contributed by atoms with E-state index < -0.39 is 11.2 Å². The van der Waals surface area contributed by atoms with Crippen molar-refractivity contribution >= 4 is 22.9 Å². The number of tetrazole rings is 1. The van der Waals surface area contributed by atoms with Crippen LogP contribution < -0.4 is 11.2 Å². The van der Waals surface area contributed by atoms with Gasteiger partial charge in [-0.15, -0.1) is 5.10 Å². The number of aryl methyl sites for hydroxylation is 3. The lowest BCUT2D eigenvalue weighted by atomic mass is 10.2. The van der Waals surface area contributed by atoms with Crippen LogP contribution in [0.15, 0.2) is 39.0 Å². The van der Waals surface area contributed by atoms with E-state index in [1.807, 2.05) is 42.7 Å². The van der Waals surface area contributed by atoms with Crippen LogP contribution in [-0.2, 0) is 18.8 Å². The van der Waals surface area contributed by atoms with Gasteiger partial charge in [0, 0.05) is 13.1 Å². The topological polar surface area (TPSA) is 116 Å². The Bertz CT molecular complexity index is 1330. The standard InChI is InChI=1S/C20H24N8O2S/c1-4-6-11-27-17-16(18(29)22-19(27)30)26(5-2)15(21-17)12-31-20-23-24-25-28(20)14-10-8-7-9-13(14)3/h7-10H,4-6,11-12H2,1-3H3,(H,22,29,30). The van der Waals surface area contributed by atoms with E-state index in [1.54, 1.807) is 9.25 Å². The van der Waals surface area contributed by atoms with E-state index in [2.05, 4.69) is 32.4 Å². The van der Waals surface area contributed by atoms with Crippen LogP contribution in [0.25, 0.3) is 16.9 Å². The second kappa shape index (κ2) is 8.88. The molecule has 0 atom stereocenters. The highest BCUT2D eigenvalue weighted by Gasteiger charge is 2.19. The summed E-state index contributed by atoms with van der Waals surface area (Å²) in [5, 5.41) is 12.7. The van der Waals surface area contributed by atoms with E-state index in [1.165, 1.54) is 11.8 Å². The molecule has 0 amide bonds. The molecular formula is C20H24N8O2S. The third kappa shape index (κ3) is 3.92.